The standard InChI is InChI=1S/C13H12F2N2O2S/c1-20(18,19)12-3-2-6-16-13(12)17-8-9-4-5-10(14)7-11(9)15/h2-7H,8H2,1H3,(H,16,17). The van der Waals surface area contributed by atoms with Crippen LogP contribution in [0.3, 0.4) is 0 Å². The molecule has 0 bridgehead atoms. The average molecular weight is 298 g/mol. The Balaban J connectivity index is 2.24. The van der Waals surface area contributed by atoms with Crippen LogP contribution in [0.5, 0.6) is 0 Å². The second kappa shape index (κ2) is 5.54. The highest BCUT2D eigenvalue weighted by Gasteiger charge is 2.14. The average Bonchev–Trinajstić information content (AvgIpc) is 2.37. The van der Waals surface area contributed by atoms with E-state index in [9.17, 15) is 17.2 Å². The summed E-state index contributed by atoms with van der Waals surface area (Å²) in [7, 11) is -3.43. The summed E-state index contributed by atoms with van der Waals surface area (Å²) in [4.78, 5) is 3.95. The summed E-state index contributed by atoms with van der Waals surface area (Å²) >= 11 is 0. The highest BCUT2D eigenvalue weighted by atomic mass is 32.2. The maximum Gasteiger partial charge on any atom is 0.179 e. The van der Waals surface area contributed by atoms with Gasteiger partial charge in [-0.25, -0.2) is 22.2 Å². The number of nitrogens with one attached hydrogen (secondary N) is 1. The Morgan fingerprint density at radius 1 is 1.25 bits per heavy atom. The number of hydrogen-bond acceptors (Lipinski definition) is 4. The molecular formula is C13H12F2N2O2S. The van der Waals surface area contributed by atoms with Gasteiger partial charge in [-0.2, -0.15) is 0 Å². The van der Waals surface area contributed by atoms with Gasteiger partial charge in [0.15, 0.2) is 9.84 Å². The first-order chi connectivity index (χ1) is 9.38. The Kier molecular flexibility index (Phi) is 3.99. The Bertz CT molecular complexity index is 733. The van der Waals surface area contributed by atoms with Crippen LogP contribution < -0.4 is 5.32 Å². The first-order valence-electron chi connectivity index (χ1n) is 5.71. The number of halogens is 2. The zero-order valence-corrected chi connectivity index (χ0v) is 11.4. The normalized spacial score (nSPS) is 11.3. The molecule has 1 N–H and O–H groups in total. The number of sulfone groups is 1. The fourth-order valence-corrected chi connectivity index (χ4v) is 2.47. The van der Waals surface area contributed by atoms with E-state index in [0.29, 0.717) is 0 Å². The maximum absolute atomic E-state index is 13.5. The fourth-order valence-electron chi connectivity index (χ4n) is 1.67. The van der Waals surface area contributed by atoms with Crippen molar-refractivity contribution in [1.29, 1.82) is 0 Å². The molecule has 2 rings (SSSR count). The molecule has 4 nitrogen and oxygen atoms in total. The van der Waals surface area contributed by atoms with Gasteiger partial charge in [0.05, 0.1) is 0 Å². The van der Waals surface area contributed by atoms with Crippen molar-refractivity contribution >= 4 is 15.7 Å². The lowest BCUT2D eigenvalue weighted by atomic mass is 10.2. The molecule has 0 saturated carbocycles. The van der Waals surface area contributed by atoms with Gasteiger partial charge < -0.3 is 5.32 Å². The van der Waals surface area contributed by atoms with Crippen LogP contribution in [0.2, 0.25) is 0 Å². The minimum Gasteiger partial charge on any atom is -0.365 e. The molecule has 0 unspecified atom stereocenters. The van der Waals surface area contributed by atoms with Crippen molar-refractivity contribution in [2.75, 3.05) is 11.6 Å². The van der Waals surface area contributed by atoms with Crippen molar-refractivity contribution in [3.63, 3.8) is 0 Å². The van der Waals surface area contributed by atoms with Gasteiger partial charge in [0.1, 0.15) is 22.3 Å². The number of nitrogens with zero attached hydrogens (tertiary/aromatic N) is 1. The SMILES string of the molecule is CS(=O)(=O)c1cccnc1NCc1ccc(F)cc1F. The molecule has 1 heterocycles. The quantitative estimate of drug-likeness (QED) is 0.941. The van der Waals surface area contributed by atoms with Crippen LogP contribution in [-0.4, -0.2) is 19.7 Å². The smallest absolute Gasteiger partial charge is 0.179 e. The number of pyridine rings is 1. The second-order valence-electron chi connectivity index (χ2n) is 4.21. The fraction of sp³-hybridized carbons (Fsp3) is 0.154. The summed E-state index contributed by atoms with van der Waals surface area (Å²) in [6.45, 7) is 0.00560. The molecule has 0 saturated heterocycles. The number of benzene rings is 1. The third-order valence-electron chi connectivity index (χ3n) is 2.63. The Morgan fingerprint density at radius 2 is 2.00 bits per heavy atom. The predicted molar refractivity (Wildman–Crippen MR) is 71.0 cm³/mol. The first kappa shape index (κ1) is 14.4. The van der Waals surface area contributed by atoms with Crippen LogP contribution in [0.4, 0.5) is 14.6 Å². The summed E-state index contributed by atoms with van der Waals surface area (Å²) < 4.78 is 49.4. The topological polar surface area (TPSA) is 59.1 Å². The first-order valence-corrected chi connectivity index (χ1v) is 7.60. The zero-order valence-electron chi connectivity index (χ0n) is 10.6. The minimum absolute atomic E-state index is 0.00560. The Morgan fingerprint density at radius 3 is 2.65 bits per heavy atom. The lowest BCUT2D eigenvalue weighted by Gasteiger charge is -2.10. The van der Waals surface area contributed by atoms with Crippen molar-refractivity contribution < 1.29 is 17.2 Å². The molecule has 0 aliphatic carbocycles. The Hall–Kier alpha value is -2.02. The number of anilines is 1. The van der Waals surface area contributed by atoms with E-state index in [1.807, 2.05) is 0 Å². The van der Waals surface area contributed by atoms with E-state index in [1.165, 1.54) is 24.4 Å². The lowest BCUT2D eigenvalue weighted by Crippen LogP contribution is -2.08. The molecule has 1 aromatic heterocycles. The van der Waals surface area contributed by atoms with Crippen LogP contribution >= 0.6 is 0 Å². The monoisotopic (exact) mass is 298 g/mol. The zero-order chi connectivity index (χ0) is 14.8. The van der Waals surface area contributed by atoms with Crippen molar-refractivity contribution in [2.45, 2.75) is 11.4 Å². The molecule has 7 heteroatoms. The summed E-state index contributed by atoms with van der Waals surface area (Å²) in [5.74, 6) is -1.23. The molecule has 0 atom stereocenters. The van der Waals surface area contributed by atoms with Gasteiger partial charge in [-0.3, -0.25) is 0 Å². The molecule has 2 aromatic rings. The van der Waals surface area contributed by atoms with E-state index >= 15 is 0 Å². The summed E-state index contributed by atoms with van der Waals surface area (Å²) in [5, 5.41) is 2.74. The lowest BCUT2D eigenvalue weighted by molar-refractivity contribution is 0.574. The molecule has 0 aliphatic heterocycles. The third kappa shape index (κ3) is 3.30. The molecule has 0 aliphatic rings. The van der Waals surface area contributed by atoms with Crippen LogP contribution in [0.25, 0.3) is 0 Å². The largest absolute Gasteiger partial charge is 0.365 e. The van der Waals surface area contributed by atoms with Gasteiger partial charge in [-0.1, -0.05) is 6.07 Å². The van der Waals surface area contributed by atoms with Crippen LogP contribution in [0, 0.1) is 11.6 Å². The van der Waals surface area contributed by atoms with E-state index in [-0.39, 0.29) is 22.8 Å². The van der Waals surface area contributed by atoms with E-state index in [1.54, 1.807) is 0 Å². The van der Waals surface area contributed by atoms with Gasteiger partial charge in [0.2, 0.25) is 0 Å². The van der Waals surface area contributed by atoms with Gasteiger partial charge in [0, 0.05) is 30.6 Å². The minimum atomic E-state index is -3.43. The van der Waals surface area contributed by atoms with Crippen LogP contribution in [0.15, 0.2) is 41.4 Å². The van der Waals surface area contributed by atoms with Crippen LogP contribution in [-0.2, 0) is 16.4 Å². The second-order valence-corrected chi connectivity index (χ2v) is 6.20. The van der Waals surface area contributed by atoms with E-state index in [2.05, 4.69) is 10.3 Å². The molecule has 106 valence electrons. The molecule has 0 amide bonds. The van der Waals surface area contributed by atoms with E-state index < -0.39 is 21.5 Å². The van der Waals surface area contributed by atoms with E-state index in [4.69, 9.17) is 0 Å². The van der Waals surface area contributed by atoms with Crippen molar-refractivity contribution in [2.24, 2.45) is 0 Å². The highest BCUT2D eigenvalue weighted by Crippen LogP contribution is 2.19. The third-order valence-corrected chi connectivity index (χ3v) is 3.76. The van der Waals surface area contributed by atoms with Gasteiger partial charge in [0.25, 0.3) is 0 Å². The van der Waals surface area contributed by atoms with Crippen molar-refractivity contribution in [1.82, 2.24) is 4.98 Å². The van der Waals surface area contributed by atoms with Crippen LogP contribution in [0.1, 0.15) is 5.56 Å². The van der Waals surface area contributed by atoms with Gasteiger partial charge >= 0.3 is 0 Å². The number of hydrogen-bond donors (Lipinski definition) is 1. The molecule has 0 radical (unpaired) electrons. The van der Waals surface area contributed by atoms with Gasteiger partial charge in [-0.15, -0.1) is 0 Å². The summed E-state index contributed by atoms with van der Waals surface area (Å²) in [5.41, 5.74) is 0.219. The van der Waals surface area contributed by atoms with Gasteiger partial charge in [-0.05, 0) is 18.2 Å². The molecule has 1 aromatic carbocycles. The summed E-state index contributed by atoms with van der Waals surface area (Å²) in [6.07, 6.45) is 2.49. The molecule has 20 heavy (non-hydrogen) atoms. The molecular weight excluding hydrogens is 286 g/mol. The highest BCUT2D eigenvalue weighted by molar-refractivity contribution is 7.90. The maximum atomic E-state index is 13.5. The van der Waals surface area contributed by atoms with E-state index in [0.717, 1.165) is 18.4 Å². The molecule has 0 fully saturated rings. The number of rotatable bonds is 4. The number of aromatic nitrogens is 1. The summed E-state index contributed by atoms with van der Waals surface area (Å²) in [6, 6.07) is 6.11. The predicted octanol–water partition coefficient (Wildman–Crippen LogP) is 2.38. The molecule has 0 spiro atoms. The Labute approximate surface area is 115 Å². The van der Waals surface area contributed by atoms with Crippen molar-refractivity contribution in [3.8, 4) is 0 Å². The van der Waals surface area contributed by atoms with Crippen molar-refractivity contribution in [3.05, 3.63) is 53.7 Å².